The molecule has 172 valence electrons. The molecule has 0 atom stereocenters. The molecule has 0 bridgehead atoms. The van der Waals surface area contributed by atoms with Gasteiger partial charge in [-0.3, -0.25) is 9.59 Å². The number of carbonyl (C=O) groups excluding carboxylic acids is 2. The quantitative estimate of drug-likeness (QED) is 0.726. The summed E-state index contributed by atoms with van der Waals surface area (Å²) in [6, 6.07) is 16.3. The number of rotatable bonds is 5. The minimum Gasteiger partial charge on any atom is -0.481 e. The fraction of sp³-hybridized carbons (Fsp3) is 0.423. The number of carboxylic acid groups (broad SMARTS) is 1. The average Bonchev–Trinajstić information content (AvgIpc) is 3.11. The van der Waals surface area contributed by atoms with Crippen molar-refractivity contribution in [1.29, 1.82) is 0 Å². The Hall–Kier alpha value is -3.35. The van der Waals surface area contributed by atoms with Crippen molar-refractivity contribution in [3.63, 3.8) is 0 Å². The van der Waals surface area contributed by atoms with E-state index >= 15 is 0 Å². The van der Waals surface area contributed by atoms with Crippen LogP contribution in [0.25, 0.3) is 11.1 Å². The molecule has 1 saturated heterocycles. The van der Waals surface area contributed by atoms with Crippen LogP contribution < -0.4 is 5.32 Å². The lowest BCUT2D eigenvalue weighted by Crippen LogP contribution is -2.65. The largest absolute Gasteiger partial charge is 0.481 e. The van der Waals surface area contributed by atoms with Crippen LogP contribution in [0.15, 0.2) is 48.5 Å². The zero-order valence-electron chi connectivity index (χ0n) is 18.5. The van der Waals surface area contributed by atoms with Crippen molar-refractivity contribution < 1.29 is 24.2 Å². The molecule has 3 aliphatic rings. The third kappa shape index (κ3) is 3.86. The van der Waals surface area contributed by atoms with Crippen LogP contribution in [-0.4, -0.2) is 53.2 Å². The predicted octanol–water partition coefficient (Wildman–Crippen LogP) is 3.77. The zero-order chi connectivity index (χ0) is 23.0. The molecule has 5 rings (SSSR count). The molecule has 2 N–H and O–H groups in total. The van der Waals surface area contributed by atoms with E-state index in [2.05, 4.69) is 29.6 Å². The Morgan fingerprint density at radius 2 is 1.52 bits per heavy atom. The van der Waals surface area contributed by atoms with Gasteiger partial charge in [-0.05, 0) is 35.1 Å². The molecule has 0 aromatic heterocycles. The number of alkyl carbamates (subject to hydrolysis) is 1. The standard InChI is InChI=1S/C26H28N2O5/c29-23(30)17-14-28(15-17)24(31)26(12-6-1-7-13-26)27-25(32)33-16-22-20-10-4-2-8-18(20)19-9-3-5-11-21(19)22/h2-5,8-11,17,22H,1,6-7,12-16H2,(H,27,32)(H,29,30). The van der Waals surface area contributed by atoms with E-state index in [4.69, 9.17) is 9.84 Å². The minimum absolute atomic E-state index is 0.0483. The summed E-state index contributed by atoms with van der Waals surface area (Å²) in [5.74, 6) is -1.65. The van der Waals surface area contributed by atoms with Crippen LogP contribution in [0.1, 0.15) is 49.1 Å². The summed E-state index contributed by atoms with van der Waals surface area (Å²) in [6.07, 6.45) is 3.19. The van der Waals surface area contributed by atoms with Crippen molar-refractivity contribution >= 4 is 18.0 Å². The molecule has 2 amide bonds. The third-order valence-electron chi connectivity index (χ3n) is 7.32. The molecule has 7 nitrogen and oxygen atoms in total. The summed E-state index contributed by atoms with van der Waals surface area (Å²) in [6.45, 7) is 0.583. The van der Waals surface area contributed by atoms with Gasteiger partial charge in [-0.1, -0.05) is 67.8 Å². The van der Waals surface area contributed by atoms with E-state index < -0.39 is 23.5 Å². The number of carboxylic acids is 1. The molecule has 2 fully saturated rings. The fourth-order valence-electron chi connectivity index (χ4n) is 5.48. The topological polar surface area (TPSA) is 95.9 Å². The van der Waals surface area contributed by atoms with Crippen molar-refractivity contribution in [3.8, 4) is 11.1 Å². The summed E-state index contributed by atoms with van der Waals surface area (Å²) in [5, 5.41) is 12.0. The van der Waals surface area contributed by atoms with Crippen LogP contribution in [0, 0.1) is 5.92 Å². The second kappa shape index (κ2) is 8.54. The molecule has 1 aliphatic heterocycles. The van der Waals surface area contributed by atoms with Crippen LogP contribution in [0.3, 0.4) is 0 Å². The number of nitrogens with one attached hydrogen (secondary N) is 1. The highest BCUT2D eigenvalue weighted by molar-refractivity contribution is 5.92. The maximum atomic E-state index is 13.3. The van der Waals surface area contributed by atoms with Gasteiger partial charge in [0, 0.05) is 19.0 Å². The van der Waals surface area contributed by atoms with Gasteiger partial charge in [0.15, 0.2) is 0 Å². The zero-order valence-corrected chi connectivity index (χ0v) is 18.5. The third-order valence-corrected chi connectivity index (χ3v) is 7.32. The van der Waals surface area contributed by atoms with E-state index in [1.807, 2.05) is 24.3 Å². The van der Waals surface area contributed by atoms with Gasteiger partial charge in [-0.2, -0.15) is 0 Å². The molecule has 33 heavy (non-hydrogen) atoms. The molecule has 1 heterocycles. The van der Waals surface area contributed by atoms with Crippen molar-refractivity contribution in [1.82, 2.24) is 10.2 Å². The number of hydrogen-bond donors (Lipinski definition) is 2. The van der Waals surface area contributed by atoms with Gasteiger partial charge in [-0.25, -0.2) is 4.79 Å². The van der Waals surface area contributed by atoms with Gasteiger partial charge in [0.1, 0.15) is 12.1 Å². The molecule has 2 aromatic rings. The first kappa shape index (κ1) is 21.5. The van der Waals surface area contributed by atoms with Gasteiger partial charge in [0.2, 0.25) is 5.91 Å². The molecular weight excluding hydrogens is 420 g/mol. The maximum Gasteiger partial charge on any atom is 0.408 e. The van der Waals surface area contributed by atoms with Crippen molar-refractivity contribution in [2.75, 3.05) is 19.7 Å². The lowest BCUT2D eigenvalue weighted by atomic mass is 9.79. The van der Waals surface area contributed by atoms with Gasteiger partial charge >= 0.3 is 12.1 Å². The Labute approximate surface area is 192 Å². The van der Waals surface area contributed by atoms with Gasteiger partial charge in [0.05, 0.1) is 5.92 Å². The monoisotopic (exact) mass is 448 g/mol. The normalized spacial score (nSPS) is 19.2. The van der Waals surface area contributed by atoms with E-state index in [9.17, 15) is 14.4 Å². The van der Waals surface area contributed by atoms with Crippen molar-refractivity contribution in [2.24, 2.45) is 5.92 Å². The van der Waals surface area contributed by atoms with Gasteiger partial charge in [-0.15, -0.1) is 0 Å². The smallest absolute Gasteiger partial charge is 0.408 e. The fourth-order valence-corrected chi connectivity index (χ4v) is 5.48. The summed E-state index contributed by atoms with van der Waals surface area (Å²) in [5.41, 5.74) is 3.58. The van der Waals surface area contributed by atoms with Crippen LogP contribution >= 0.6 is 0 Å². The lowest BCUT2D eigenvalue weighted by Gasteiger charge is -2.45. The highest BCUT2D eigenvalue weighted by atomic mass is 16.5. The number of ether oxygens (including phenoxy) is 1. The number of amides is 2. The Bertz CT molecular complexity index is 1040. The van der Waals surface area contributed by atoms with E-state index in [-0.39, 0.29) is 31.5 Å². The first-order chi connectivity index (χ1) is 16.0. The highest BCUT2D eigenvalue weighted by Gasteiger charge is 2.48. The number of aliphatic carboxylic acids is 1. The van der Waals surface area contributed by atoms with E-state index in [0.29, 0.717) is 12.8 Å². The summed E-state index contributed by atoms with van der Waals surface area (Å²) < 4.78 is 5.69. The van der Waals surface area contributed by atoms with Gasteiger partial charge in [0.25, 0.3) is 0 Å². The Balaban J connectivity index is 1.28. The molecular formula is C26H28N2O5. The molecule has 0 unspecified atom stereocenters. The second-order valence-electron chi connectivity index (χ2n) is 9.34. The molecule has 7 heteroatoms. The lowest BCUT2D eigenvalue weighted by molar-refractivity contribution is -0.156. The molecule has 0 spiro atoms. The number of fused-ring (bicyclic) bond motifs is 3. The van der Waals surface area contributed by atoms with Crippen molar-refractivity contribution in [3.05, 3.63) is 59.7 Å². The number of carbonyl (C=O) groups is 3. The molecule has 0 radical (unpaired) electrons. The number of benzene rings is 2. The van der Waals surface area contributed by atoms with Crippen LogP contribution in [0.5, 0.6) is 0 Å². The second-order valence-corrected chi connectivity index (χ2v) is 9.34. The maximum absolute atomic E-state index is 13.3. The first-order valence-corrected chi connectivity index (χ1v) is 11.6. The minimum atomic E-state index is -1.01. The predicted molar refractivity (Wildman–Crippen MR) is 122 cm³/mol. The van der Waals surface area contributed by atoms with Gasteiger partial charge < -0.3 is 20.1 Å². The molecule has 1 saturated carbocycles. The van der Waals surface area contributed by atoms with Crippen molar-refractivity contribution in [2.45, 2.75) is 43.6 Å². The summed E-state index contributed by atoms with van der Waals surface area (Å²) >= 11 is 0. The molecule has 2 aromatic carbocycles. The van der Waals surface area contributed by atoms with Crippen LogP contribution in [0.2, 0.25) is 0 Å². The SMILES string of the molecule is O=C(NC1(C(=O)N2CC(C(=O)O)C2)CCCCC1)OCC1c2ccccc2-c2ccccc21. The Morgan fingerprint density at radius 1 is 0.939 bits per heavy atom. The average molecular weight is 449 g/mol. The van der Waals surface area contributed by atoms with Crippen LogP contribution in [-0.2, 0) is 14.3 Å². The Morgan fingerprint density at radius 3 is 2.09 bits per heavy atom. The Kier molecular flexibility index (Phi) is 5.56. The number of nitrogens with zero attached hydrogens (tertiary/aromatic N) is 1. The highest BCUT2D eigenvalue weighted by Crippen LogP contribution is 2.44. The summed E-state index contributed by atoms with van der Waals surface area (Å²) in [4.78, 5) is 38.9. The van der Waals surface area contributed by atoms with Crippen LogP contribution in [0.4, 0.5) is 4.79 Å². The van der Waals surface area contributed by atoms with E-state index in [0.717, 1.165) is 41.5 Å². The number of likely N-dealkylation sites (tertiary alicyclic amines) is 1. The van der Waals surface area contributed by atoms with E-state index in [1.54, 1.807) is 4.90 Å². The first-order valence-electron chi connectivity index (χ1n) is 11.6. The van der Waals surface area contributed by atoms with E-state index in [1.165, 1.54) is 0 Å². The molecule has 2 aliphatic carbocycles. The summed E-state index contributed by atoms with van der Waals surface area (Å²) in [7, 11) is 0. The number of hydrogen-bond acceptors (Lipinski definition) is 4.